The molecule has 1 amide bonds. The molecule has 1 aromatic carbocycles. The van der Waals surface area contributed by atoms with Gasteiger partial charge in [-0.15, -0.1) is 11.3 Å². The Hall–Kier alpha value is -2.04. The normalized spacial score (nSPS) is 10.7. The number of carbonyl (C=O) groups excluding carboxylic acids is 1. The molecule has 3 nitrogen and oxygen atoms in total. The van der Waals surface area contributed by atoms with Crippen LogP contribution in [0, 0.1) is 0 Å². The smallest absolute Gasteiger partial charge is 0.254 e. The van der Waals surface area contributed by atoms with Crippen molar-refractivity contribution in [1.29, 1.82) is 0 Å². The van der Waals surface area contributed by atoms with Crippen LogP contribution in [-0.4, -0.2) is 21.9 Å². The SMILES string of the molecule is CCN(Cc1ccc(Cl)s1)C(=O)c1ccc(-n2cccc2)cc1. The first-order chi connectivity index (χ1) is 11.2. The Bertz CT molecular complexity index is 778. The van der Waals surface area contributed by atoms with Crippen LogP contribution in [0.5, 0.6) is 0 Å². The van der Waals surface area contributed by atoms with Gasteiger partial charge in [0, 0.05) is 35.1 Å². The molecule has 0 atom stereocenters. The topological polar surface area (TPSA) is 25.2 Å². The van der Waals surface area contributed by atoms with Crippen LogP contribution in [0.25, 0.3) is 5.69 Å². The Kier molecular flexibility index (Phi) is 4.84. The van der Waals surface area contributed by atoms with E-state index in [0.29, 0.717) is 18.7 Å². The zero-order valence-electron chi connectivity index (χ0n) is 12.8. The monoisotopic (exact) mass is 344 g/mol. The number of carbonyl (C=O) groups is 1. The van der Waals surface area contributed by atoms with E-state index in [1.54, 1.807) is 0 Å². The lowest BCUT2D eigenvalue weighted by molar-refractivity contribution is 0.0754. The molecule has 0 unspecified atom stereocenters. The van der Waals surface area contributed by atoms with E-state index in [0.717, 1.165) is 14.9 Å². The molecule has 0 aliphatic carbocycles. The van der Waals surface area contributed by atoms with E-state index in [9.17, 15) is 4.79 Å². The predicted molar refractivity (Wildman–Crippen MR) is 95.5 cm³/mol. The molecule has 0 radical (unpaired) electrons. The van der Waals surface area contributed by atoms with Crippen molar-refractivity contribution in [3.05, 3.63) is 75.7 Å². The van der Waals surface area contributed by atoms with Crippen LogP contribution in [0.15, 0.2) is 60.9 Å². The molecule has 5 heteroatoms. The van der Waals surface area contributed by atoms with Crippen molar-refractivity contribution in [3.63, 3.8) is 0 Å². The number of hydrogen-bond acceptors (Lipinski definition) is 2. The number of thiophene rings is 1. The summed E-state index contributed by atoms with van der Waals surface area (Å²) in [5.41, 5.74) is 1.74. The summed E-state index contributed by atoms with van der Waals surface area (Å²) in [6, 6.07) is 15.5. The third-order valence-electron chi connectivity index (χ3n) is 3.66. The fourth-order valence-electron chi connectivity index (χ4n) is 2.42. The molecule has 3 rings (SSSR count). The van der Waals surface area contributed by atoms with Gasteiger partial charge in [-0.2, -0.15) is 0 Å². The molecule has 0 bridgehead atoms. The number of halogens is 1. The maximum Gasteiger partial charge on any atom is 0.254 e. The highest BCUT2D eigenvalue weighted by Crippen LogP contribution is 2.23. The first-order valence-electron chi connectivity index (χ1n) is 7.44. The molecule has 2 heterocycles. The van der Waals surface area contributed by atoms with E-state index in [1.807, 2.05) is 77.3 Å². The predicted octanol–water partition coefficient (Wildman–Crippen LogP) is 4.85. The molecule has 3 aromatic rings. The molecular formula is C18H17ClN2OS. The maximum atomic E-state index is 12.7. The summed E-state index contributed by atoms with van der Waals surface area (Å²) < 4.78 is 2.76. The van der Waals surface area contributed by atoms with Crippen LogP contribution in [-0.2, 0) is 6.54 Å². The minimum Gasteiger partial charge on any atom is -0.334 e. The van der Waals surface area contributed by atoms with E-state index >= 15 is 0 Å². The first-order valence-corrected chi connectivity index (χ1v) is 8.63. The second kappa shape index (κ2) is 7.02. The van der Waals surface area contributed by atoms with Gasteiger partial charge >= 0.3 is 0 Å². The molecule has 2 aromatic heterocycles. The second-order valence-electron chi connectivity index (χ2n) is 5.16. The van der Waals surface area contributed by atoms with Crippen molar-refractivity contribution >= 4 is 28.8 Å². The second-order valence-corrected chi connectivity index (χ2v) is 6.96. The van der Waals surface area contributed by atoms with Crippen LogP contribution in [0.1, 0.15) is 22.2 Å². The number of rotatable bonds is 5. The molecule has 0 aliphatic rings. The molecule has 0 fully saturated rings. The summed E-state index contributed by atoms with van der Waals surface area (Å²) in [5, 5.41) is 0. The molecule has 0 aliphatic heterocycles. The molecule has 0 saturated carbocycles. The van der Waals surface area contributed by atoms with Gasteiger partial charge in [-0.05, 0) is 55.5 Å². The lowest BCUT2D eigenvalue weighted by atomic mass is 10.1. The average molecular weight is 345 g/mol. The fraction of sp³-hybridized carbons (Fsp3) is 0.167. The maximum absolute atomic E-state index is 12.7. The fourth-order valence-corrected chi connectivity index (χ4v) is 3.52. The minimum atomic E-state index is 0.0380. The summed E-state index contributed by atoms with van der Waals surface area (Å²) in [7, 11) is 0. The van der Waals surface area contributed by atoms with Crippen LogP contribution >= 0.6 is 22.9 Å². The van der Waals surface area contributed by atoms with E-state index in [-0.39, 0.29) is 5.91 Å². The molecule has 23 heavy (non-hydrogen) atoms. The Labute approximate surface area is 144 Å². The molecular weight excluding hydrogens is 328 g/mol. The van der Waals surface area contributed by atoms with Crippen molar-refractivity contribution in [1.82, 2.24) is 9.47 Å². The number of benzene rings is 1. The number of amides is 1. The van der Waals surface area contributed by atoms with Crippen LogP contribution < -0.4 is 0 Å². The number of hydrogen-bond donors (Lipinski definition) is 0. The third-order valence-corrected chi connectivity index (χ3v) is 4.88. The van der Waals surface area contributed by atoms with Crippen molar-refractivity contribution in [3.8, 4) is 5.69 Å². The zero-order valence-corrected chi connectivity index (χ0v) is 14.3. The molecule has 0 spiro atoms. The molecule has 118 valence electrons. The Balaban J connectivity index is 1.75. The van der Waals surface area contributed by atoms with E-state index in [1.165, 1.54) is 11.3 Å². The summed E-state index contributed by atoms with van der Waals surface area (Å²) in [6.45, 7) is 3.24. The summed E-state index contributed by atoms with van der Waals surface area (Å²) in [5.74, 6) is 0.0380. The highest BCUT2D eigenvalue weighted by atomic mass is 35.5. The average Bonchev–Trinajstić information content (AvgIpc) is 3.24. The molecule has 0 saturated heterocycles. The standard InChI is InChI=1S/C18H17ClN2OS/c1-2-20(13-16-9-10-17(19)23-16)18(22)14-5-7-15(8-6-14)21-11-3-4-12-21/h3-12H,2,13H2,1H3. The highest BCUT2D eigenvalue weighted by Gasteiger charge is 2.15. The van der Waals surface area contributed by atoms with Gasteiger partial charge in [0.05, 0.1) is 10.9 Å². The van der Waals surface area contributed by atoms with Gasteiger partial charge in [0.15, 0.2) is 0 Å². The quantitative estimate of drug-likeness (QED) is 0.649. The van der Waals surface area contributed by atoms with Gasteiger partial charge < -0.3 is 9.47 Å². The number of nitrogens with zero attached hydrogens (tertiary/aromatic N) is 2. The molecule has 0 N–H and O–H groups in total. The number of aromatic nitrogens is 1. The van der Waals surface area contributed by atoms with Gasteiger partial charge in [0.1, 0.15) is 0 Å². The Morgan fingerprint density at radius 3 is 2.39 bits per heavy atom. The van der Waals surface area contributed by atoms with Crippen LogP contribution in [0.3, 0.4) is 0 Å². The minimum absolute atomic E-state index is 0.0380. The Morgan fingerprint density at radius 1 is 1.13 bits per heavy atom. The Morgan fingerprint density at radius 2 is 1.83 bits per heavy atom. The van der Waals surface area contributed by atoms with Gasteiger partial charge in [-0.25, -0.2) is 0 Å². The summed E-state index contributed by atoms with van der Waals surface area (Å²) >= 11 is 7.48. The van der Waals surface area contributed by atoms with Gasteiger partial charge in [-0.1, -0.05) is 11.6 Å². The zero-order chi connectivity index (χ0) is 16.2. The van der Waals surface area contributed by atoms with Crippen molar-refractivity contribution in [2.24, 2.45) is 0 Å². The van der Waals surface area contributed by atoms with Gasteiger partial charge in [0.2, 0.25) is 0 Å². The first kappa shape index (κ1) is 15.8. The summed E-state index contributed by atoms with van der Waals surface area (Å²) in [4.78, 5) is 15.6. The van der Waals surface area contributed by atoms with Crippen LogP contribution in [0.2, 0.25) is 4.34 Å². The van der Waals surface area contributed by atoms with Crippen LogP contribution in [0.4, 0.5) is 0 Å². The van der Waals surface area contributed by atoms with Crippen molar-refractivity contribution in [2.75, 3.05) is 6.54 Å². The van der Waals surface area contributed by atoms with Gasteiger partial charge in [-0.3, -0.25) is 4.79 Å². The largest absolute Gasteiger partial charge is 0.334 e. The van der Waals surface area contributed by atoms with Crippen molar-refractivity contribution < 1.29 is 4.79 Å². The summed E-state index contributed by atoms with van der Waals surface area (Å²) in [6.07, 6.45) is 3.96. The lowest BCUT2D eigenvalue weighted by Gasteiger charge is -2.20. The lowest BCUT2D eigenvalue weighted by Crippen LogP contribution is -2.29. The van der Waals surface area contributed by atoms with E-state index < -0.39 is 0 Å². The van der Waals surface area contributed by atoms with Gasteiger partial charge in [0.25, 0.3) is 5.91 Å². The van der Waals surface area contributed by atoms with Crippen molar-refractivity contribution in [2.45, 2.75) is 13.5 Å². The highest BCUT2D eigenvalue weighted by molar-refractivity contribution is 7.16. The van der Waals surface area contributed by atoms with E-state index in [2.05, 4.69) is 0 Å². The van der Waals surface area contributed by atoms with E-state index in [4.69, 9.17) is 11.6 Å². The third kappa shape index (κ3) is 3.66.